The molecule has 1 aromatic carbocycles. The third kappa shape index (κ3) is 4.38. The summed E-state index contributed by atoms with van der Waals surface area (Å²) in [6.45, 7) is 7.94. The number of hydrogen-bond acceptors (Lipinski definition) is 5. The van der Waals surface area contributed by atoms with Crippen molar-refractivity contribution in [3.63, 3.8) is 0 Å². The fourth-order valence-corrected chi connectivity index (χ4v) is 3.67. The number of hydrogen-bond donors (Lipinski definition) is 2. The summed E-state index contributed by atoms with van der Waals surface area (Å²) in [5.41, 5.74) is 6.17. The van der Waals surface area contributed by atoms with Crippen LogP contribution in [0, 0.1) is 20.8 Å². The van der Waals surface area contributed by atoms with Crippen molar-refractivity contribution in [1.82, 2.24) is 5.48 Å². The monoisotopic (exact) mass is 359 g/mol. The molecular weight excluding hydrogens is 334 g/mol. The predicted molar refractivity (Wildman–Crippen MR) is 96.7 cm³/mol. The lowest BCUT2D eigenvalue weighted by molar-refractivity contribution is -0.136. The highest BCUT2D eigenvalue weighted by molar-refractivity contribution is 6.24. The number of ketones is 2. The largest absolute Gasteiger partial charge is 0.511 e. The van der Waals surface area contributed by atoms with Crippen molar-refractivity contribution < 1.29 is 24.3 Å². The Morgan fingerprint density at radius 2 is 1.81 bits per heavy atom. The summed E-state index contributed by atoms with van der Waals surface area (Å²) in [5, 5.41) is 10.3. The van der Waals surface area contributed by atoms with Crippen molar-refractivity contribution in [2.75, 3.05) is 6.61 Å². The number of rotatable bonds is 6. The van der Waals surface area contributed by atoms with Crippen LogP contribution in [0.25, 0.3) is 0 Å². The van der Waals surface area contributed by atoms with Crippen LogP contribution in [0.3, 0.4) is 0 Å². The molecule has 2 N–H and O–H groups in total. The van der Waals surface area contributed by atoms with Gasteiger partial charge in [-0.3, -0.25) is 19.2 Å². The van der Waals surface area contributed by atoms with Crippen LogP contribution in [0.1, 0.15) is 54.4 Å². The summed E-state index contributed by atoms with van der Waals surface area (Å²) >= 11 is 0. The molecule has 6 heteroatoms. The molecule has 1 unspecified atom stereocenters. The molecule has 0 radical (unpaired) electrons. The highest BCUT2D eigenvalue weighted by atomic mass is 16.6. The third-order valence-electron chi connectivity index (χ3n) is 4.52. The van der Waals surface area contributed by atoms with Gasteiger partial charge in [0.05, 0.1) is 18.6 Å². The number of amides is 1. The summed E-state index contributed by atoms with van der Waals surface area (Å²) in [6.07, 6.45) is -0.175. The maximum Gasteiger partial charge on any atom is 0.251 e. The van der Waals surface area contributed by atoms with E-state index < -0.39 is 23.9 Å². The van der Waals surface area contributed by atoms with Crippen molar-refractivity contribution in [3.8, 4) is 0 Å². The minimum absolute atomic E-state index is 0.142. The SMILES string of the molecule is CCONC(=O)CC(=O)C1=C(O)CC(c2c(C)cc(C)cc2C)CC1=O. The summed E-state index contributed by atoms with van der Waals surface area (Å²) in [5.74, 6) is -2.15. The van der Waals surface area contributed by atoms with Gasteiger partial charge in [-0.2, -0.15) is 0 Å². The van der Waals surface area contributed by atoms with Gasteiger partial charge >= 0.3 is 0 Å². The van der Waals surface area contributed by atoms with Gasteiger partial charge in [-0.15, -0.1) is 0 Å². The second-order valence-electron chi connectivity index (χ2n) is 6.72. The van der Waals surface area contributed by atoms with E-state index in [1.165, 1.54) is 0 Å². The van der Waals surface area contributed by atoms with Crippen molar-refractivity contribution in [2.45, 2.75) is 52.9 Å². The molecule has 1 aliphatic carbocycles. The highest BCUT2D eigenvalue weighted by Crippen LogP contribution is 2.37. The van der Waals surface area contributed by atoms with Crippen LogP contribution in [-0.2, 0) is 19.2 Å². The Morgan fingerprint density at radius 3 is 2.35 bits per heavy atom. The number of carbonyl (C=O) groups is 3. The smallest absolute Gasteiger partial charge is 0.251 e. The quantitative estimate of drug-likeness (QED) is 0.463. The van der Waals surface area contributed by atoms with Gasteiger partial charge in [-0.05, 0) is 50.3 Å². The minimum Gasteiger partial charge on any atom is -0.511 e. The lowest BCUT2D eigenvalue weighted by Gasteiger charge is -2.26. The summed E-state index contributed by atoms with van der Waals surface area (Å²) in [6, 6.07) is 4.10. The second-order valence-corrected chi connectivity index (χ2v) is 6.72. The molecule has 140 valence electrons. The molecule has 1 aromatic rings. The Bertz CT molecular complexity index is 755. The zero-order chi connectivity index (χ0) is 19.4. The number of aryl methyl sites for hydroxylation is 3. The fraction of sp³-hybridized carbons (Fsp3) is 0.450. The maximum absolute atomic E-state index is 12.5. The molecule has 2 rings (SSSR count). The van der Waals surface area contributed by atoms with E-state index in [0.717, 1.165) is 22.3 Å². The molecule has 0 saturated heterocycles. The number of allylic oxidation sites excluding steroid dienone is 2. The number of Topliss-reactive ketones (excluding diaryl/α,β-unsaturated/α-hetero) is 2. The molecule has 6 nitrogen and oxygen atoms in total. The van der Waals surface area contributed by atoms with Crippen LogP contribution in [0.5, 0.6) is 0 Å². The molecule has 1 amide bonds. The first-order chi connectivity index (χ1) is 12.2. The molecule has 0 aliphatic heterocycles. The summed E-state index contributed by atoms with van der Waals surface area (Å²) < 4.78 is 0. The minimum atomic E-state index is -0.680. The van der Waals surface area contributed by atoms with E-state index >= 15 is 0 Å². The molecule has 0 saturated carbocycles. The molecule has 0 fully saturated rings. The van der Waals surface area contributed by atoms with Gasteiger partial charge in [-0.1, -0.05) is 17.7 Å². The number of benzene rings is 1. The highest BCUT2D eigenvalue weighted by Gasteiger charge is 2.34. The molecule has 1 atom stereocenters. The average molecular weight is 359 g/mol. The summed E-state index contributed by atoms with van der Waals surface area (Å²) in [4.78, 5) is 41.1. The van der Waals surface area contributed by atoms with Crippen LogP contribution < -0.4 is 5.48 Å². The first-order valence-corrected chi connectivity index (χ1v) is 8.71. The van der Waals surface area contributed by atoms with Crippen LogP contribution >= 0.6 is 0 Å². The van der Waals surface area contributed by atoms with Crippen LogP contribution in [0.15, 0.2) is 23.5 Å². The molecule has 0 heterocycles. The Labute approximate surface area is 153 Å². The van der Waals surface area contributed by atoms with Crippen LogP contribution in [0.2, 0.25) is 0 Å². The van der Waals surface area contributed by atoms with Crippen molar-refractivity contribution >= 4 is 17.5 Å². The molecule has 26 heavy (non-hydrogen) atoms. The Morgan fingerprint density at radius 1 is 1.19 bits per heavy atom. The number of hydroxylamine groups is 1. The van der Waals surface area contributed by atoms with E-state index in [1.54, 1.807) is 6.92 Å². The number of nitrogens with one attached hydrogen (secondary N) is 1. The van der Waals surface area contributed by atoms with Crippen LogP contribution in [0.4, 0.5) is 0 Å². The van der Waals surface area contributed by atoms with E-state index in [2.05, 4.69) is 5.48 Å². The standard InChI is InChI=1S/C20H25NO5/c1-5-26-21-18(25)10-17(24)20-15(22)8-14(9-16(20)23)19-12(3)6-11(2)7-13(19)4/h6-7,14,22H,5,8-10H2,1-4H3,(H,21,25). The third-order valence-corrected chi connectivity index (χ3v) is 4.52. The van der Waals surface area contributed by atoms with E-state index in [1.807, 2.05) is 32.9 Å². The molecule has 0 aromatic heterocycles. The van der Waals surface area contributed by atoms with Crippen LogP contribution in [-0.4, -0.2) is 29.2 Å². The van der Waals surface area contributed by atoms with Crippen molar-refractivity contribution in [3.05, 3.63) is 45.7 Å². The van der Waals surface area contributed by atoms with Gasteiger partial charge in [-0.25, -0.2) is 5.48 Å². The molecule has 0 bridgehead atoms. The normalized spacial score (nSPS) is 17.4. The number of aliphatic hydroxyl groups excluding tert-OH is 1. The van der Waals surface area contributed by atoms with Gasteiger partial charge in [0.25, 0.3) is 5.91 Å². The van der Waals surface area contributed by atoms with Gasteiger partial charge in [0.15, 0.2) is 11.6 Å². The first-order valence-electron chi connectivity index (χ1n) is 8.71. The van der Waals surface area contributed by atoms with E-state index in [9.17, 15) is 19.5 Å². The summed E-state index contributed by atoms with van der Waals surface area (Å²) in [7, 11) is 0. The topological polar surface area (TPSA) is 92.7 Å². The molecular formula is C20H25NO5. The van der Waals surface area contributed by atoms with Crippen molar-refractivity contribution in [2.24, 2.45) is 0 Å². The molecule has 1 aliphatic rings. The van der Waals surface area contributed by atoms with Gasteiger partial charge in [0, 0.05) is 12.8 Å². The van der Waals surface area contributed by atoms with Crippen molar-refractivity contribution in [1.29, 1.82) is 0 Å². The van der Waals surface area contributed by atoms with E-state index in [0.29, 0.717) is 0 Å². The van der Waals surface area contributed by atoms with E-state index in [-0.39, 0.29) is 36.7 Å². The predicted octanol–water partition coefficient (Wildman–Crippen LogP) is 2.90. The Balaban J connectivity index is 2.21. The van der Waals surface area contributed by atoms with Gasteiger partial charge < -0.3 is 5.11 Å². The number of aliphatic hydroxyl groups is 1. The maximum atomic E-state index is 12.5. The van der Waals surface area contributed by atoms with E-state index in [4.69, 9.17) is 4.84 Å². The number of carbonyl (C=O) groups excluding carboxylic acids is 3. The Kier molecular flexibility index (Phi) is 6.32. The zero-order valence-electron chi connectivity index (χ0n) is 15.6. The second kappa shape index (κ2) is 8.27. The average Bonchev–Trinajstić information content (AvgIpc) is 2.51. The molecule has 0 spiro atoms. The lowest BCUT2D eigenvalue weighted by atomic mass is 9.78. The fourth-order valence-electron chi connectivity index (χ4n) is 3.67. The van der Waals surface area contributed by atoms with Gasteiger partial charge in [0.1, 0.15) is 5.76 Å². The Hall–Kier alpha value is -2.47. The lowest BCUT2D eigenvalue weighted by Crippen LogP contribution is -2.30. The first kappa shape index (κ1) is 19.8. The zero-order valence-corrected chi connectivity index (χ0v) is 15.6. The van der Waals surface area contributed by atoms with Gasteiger partial charge in [0.2, 0.25) is 0 Å².